The molecule has 2 rings (SSSR count). The summed E-state index contributed by atoms with van der Waals surface area (Å²) in [4.78, 5) is 26.8. The number of nitrogens with zero attached hydrogens (tertiary/aromatic N) is 2. The van der Waals surface area contributed by atoms with Gasteiger partial charge in [0.25, 0.3) is 0 Å². The van der Waals surface area contributed by atoms with Crippen LogP contribution >= 0.6 is 0 Å². The highest BCUT2D eigenvalue weighted by molar-refractivity contribution is 5.71. The van der Waals surface area contributed by atoms with E-state index in [0.717, 1.165) is 4.57 Å². The first-order chi connectivity index (χ1) is 10.8. The van der Waals surface area contributed by atoms with Crippen molar-refractivity contribution in [1.29, 1.82) is 0 Å². The lowest BCUT2D eigenvalue weighted by atomic mass is 10.1. The van der Waals surface area contributed by atoms with Gasteiger partial charge in [0.15, 0.2) is 12.0 Å². The normalized spacial score (nSPS) is 27.2. The molecule has 2 heterocycles. The third kappa shape index (κ3) is 3.67. The third-order valence-electron chi connectivity index (χ3n) is 3.42. The zero-order valence-electron chi connectivity index (χ0n) is 12.6. The first kappa shape index (κ1) is 17.3. The Labute approximate surface area is 131 Å². The molecule has 23 heavy (non-hydrogen) atoms. The molecule has 0 amide bonds. The number of aliphatic hydroxyl groups excluding tert-OH is 2. The highest BCUT2D eigenvalue weighted by Gasteiger charge is 2.44. The van der Waals surface area contributed by atoms with Crippen molar-refractivity contribution >= 4 is 11.8 Å². The summed E-state index contributed by atoms with van der Waals surface area (Å²) in [5.41, 5.74) is 0.931. The zero-order valence-corrected chi connectivity index (χ0v) is 12.6. The van der Waals surface area contributed by atoms with Crippen LogP contribution in [0.15, 0.2) is 17.1 Å². The number of rotatable bonds is 5. The summed E-state index contributed by atoms with van der Waals surface area (Å²) >= 11 is 0. The number of aromatic nitrogens is 2. The van der Waals surface area contributed by atoms with Crippen molar-refractivity contribution in [2.75, 3.05) is 12.1 Å². The fourth-order valence-electron chi connectivity index (χ4n) is 2.10. The average molecular weight is 329 g/mol. The molecule has 10 heteroatoms. The molecule has 1 aromatic rings. The molecule has 0 spiro atoms. The minimum Gasteiger partial charge on any atom is -0.463 e. The van der Waals surface area contributed by atoms with E-state index in [9.17, 15) is 19.8 Å². The van der Waals surface area contributed by atoms with Crippen molar-refractivity contribution < 1.29 is 29.7 Å². The summed E-state index contributed by atoms with van der Waals surface area (Å²) in [5.74, 6) is -0.864. The number of nitrogens with one attached hydrogen (secondary N) is 1. The molecule has 1 fully saturated rings. The number of esters is 1. The summed E-state index contributed by atoms with van der Waals surface area (Å²) in [5, 5.41) is 28.7. The Morgan fingerprint density at radius 1 is 1.48 bits per heavy atom. The van der Waals surface area contributed by atoms with E-state index < -0.39 is 36.2 Å². The van der Waals surface area contributed by atoms with E-state index in [1.54, 1.807) is 19.3 Å². The Bertz CT molecular complexity index is 618. The number of ether oxygens (including phenoxy) is 2. The fourth-order valence-corrected chi connectivity index (χ4v) is 2.10. The number of hydrogen-bond acceptors (Lipinski definition) is 9. The van der Waals surface area contributed by atoms with E-state index in [1.165, 1.54) is 12.3 Å². The van der Waals surface area contributed by atoms with Gasteiger partial charge >= 0.3 is 11.7 Å². The van der Waals surface area contributed by atoms with Crippen LogP contribution in [0.4, 0.5) is 5.82 Å². The number of anilines is 1. The summed E-state index contributed by atoms with van der Waals surface area (Å²) < 4.78 is 11.4. The maximum absolute atomic E-state index is 11.8. The first-order valence-corrected chi connectivity index (χ1v) is 7.02. The SMILES string of the molecule is CC(C)C(=O)OC[C@H]1O[C@@H](n2ccc(NO)nc2=O)[C@H](O)[C@H]1O. The van der Waals surface area contributed by atoms with Gasteiger partial charge in [0.1, 0.15) is 24.9 Å². The second-order valence-corrected chi connectivity index (χ2v) is 5.45. The summed E-state index contributed by atoms with van der Waals surface area (Å²) in [6.07, 6.45) is -3.63. The molecule has 1 saturated heterocycles. The van der Waals surface area contributed by atoms with Gasteiger partial charge in [-0.05, 0) is 6.07 Å². The van der Waals surface area contributed by atoms with Crippen LogP contribution < -0.4 is 11.2 Å². The van der Waals surface area contributed by atoms with Crippen molar-refractivity contribution in [3.8, 4) is 0 Å². The van der Waals surface area contributed by atoms with E-state index in [1.807, 2.05) is 0 Å². The van der Waals surface area contributed by atoms with Gasteiger partial charge in [-0.2, -0.15) is 4.98 Å². The van der Waals surface area contributed by atoms with Crippen molar-refractivity contribution in [1.82, 2.24) is 9.55 Å². The molecule has 1 aromatic heterocycles. The number of hydrogen-bond donors (Lipinski definition) is 4. The van der Waals surface area contributed by atoms with E-state index >= 15 is 0 Å². The molecule has 1 aliphatic heterocycles. The van der Waals surface area contributed by atoms with Gasteiger partial charge in [-0.25, -0.2) is 4.79 Å². The summed E-state index contributed by atoms with van der Waals surface area (Å²) in [7, 11) is 0. The first-order valence-electron chi connectivity index (χ1n) is 7.02. The van der Waals surface area contributed by atoms with Gasteiger partial charge in [-0.1, -0.05) is 13.8 Å². The minimum atomic E-state index is -1.40. The van der Waals surface area contributed by atoms with Crippen LogP contribution in [0.25, 0.3) is 0 Å². The topological polar surface area (TPSA) is 143 Å². The minimum absolute atomic E-state index is 0.0679. The van der Waals surface area contributed by atoms with Gasteiger partial charge < -0.3 is 19.7 Å². The van der Waals surface area contributed by atoms with Gasteiger partial charge in [-0.3, -0.25) is 20.0 Å². The number of aliphatic hydroxyl groups is 2. The molecule has 4 N–H and O–H groups in total. The highest BCUT2D eigenvalue weighted by Crippen LogP contribution is 2.28. The van der Waals surface area contributed by atoms with Crippen LogP contribution in [-0.2, 0) is 14.3 Å². The smallest absolute Gasteiger partial charge is 0.351 e. The maximum atomic E-state index is 11.8. The highest BCUT2D eigenvalue weighted by atomic mass is 16.6. The second-order valence-electron chi connectivity index (χ2n) is 5.45. The Kier molecular flexibility index (Phi) is 5.31. The summed E-state index contributed by atoms with van der Waals surface area (Å²) in [6, 6.07) is 1.29. The molecule has 0 bridgehead atoms. The molecule has 10 nitrogen and oxygen atoms in total. The Morgan fingerprint density at radius 2 is 2.17 bits per heavy atom. The molecular weight excluding hydrogens is 310 g/mol. The van der Waals surface area contributed by atoms with Crippen LogP contribution in [0.3, 0.4) is 0 Å². The molecule has 0 unspecified atom stereocenters. The molecule has 128 valence electrons. The van der Waals surface area contributed by atoms with Crippen molar-refractivity contribution in [2.24, 2.45) is 5.92 Å². The predicted molar refractivity (Wildman–Crippen MR) is 75.6 cm³/mol. The lowest BCUT2D eigenvalue weighted by molar-refractivity contribution is -0.153. The number of carbonyl (C=O) groups excluding carboxylic acids is 1. The lowest BCUT2D eigenvalue weighted by Gasteiger charge is -2.17. The molecule has 4 atom stereocenters. The van der Waals surface area contributed by atoms with Crippen LogP contribution in [0.2, 0.25) is 0 Å². The Balaban J connectivity index is 2.10. The molecule has 1 aliphatic rings. The Morgan fingerprint density at radius 3 is 2.74 bits per heavy atom. The van der Waals surface area contributed by atoms with Gasteiger partial charge in [0.05, 0.1) is 5.92 Å². The van der Waals surface area contributed by atoms with Gasteiger partial charge in [0, 0.05) is 6.20 Å². The fraction of sp³-hybridized carbons (Fsp3) is 0.615. The van der Waals surface area contributed by atoms with Crippen LogP contribution in [-0.4, -0.2) is 55.9 Å². The lowest BCUT2D eigenvalue weighted by Crippen LogP contribution is -2.36. The quantitative estimate of drug-likeness (QED) is 0.389. The van der Waals surface area contributed by atoms with E-state index in [2.05, 4.69) is 4.98 Å². The molecule has 0 aliphatic carbocycles. The van der Waals surface area contributed by atoms with Crippen LogP contribution in [0.5, 0.6) is 0 Å². The predicted octanol–water partition coefficient (Wildman–Crippen LogP) is -1.14. The second kappa shape index (κ2) is 7.04. The van der Waals surface area contributed by atoms with Gasteiger partial charge in [-0.15, -0.1) is 0 Å². The molecule has 0 saturated carbocycles. The van der Waals surface area contributed by atoms with Crippen molar-refractivity contribution in [2.45, 2.75) is 38.4 Å². The largest absolute Gasteiger partial charge is 0.463 e. The summed E-state index contributed by atoms with van der Waals surface area (Å²) in [6.45, 7) is 3.08. The number of carbonyl (C=O) groups is 1. The Hall–Kier alpha value is -2.01. The van der Waals surface area contributed by atoms with E-state index in [0.29, 0.717) is 0 Å². The zero-order chi connectivity index (χ0) is 17.1. The third-order valence-corrected chi connectivity index (χ3v) is 3.42. The van der Waals surface area contributed by atoms with Crippen LogP contribution in [0.1, 0.15) is 20.1 Å². The van der Waals surface area contributed by atoms with E-state index in [4.69, 9.17) is 14.7 Å². The standard InChI is InChI=1S/C13H19N3O7/c1-6(2)12(19)22-5-7-9(17)10(18)11(23-7)16-4-3-8(15-21)14-13(16)20/h3-4,6-7,9-11,17-18,21H,5H2,1-2H3,(H,14,15,20)/t7-,9+,10-,11-/m1/s1. The molecular formula is C13H19N3O7. The van der Waals surface area contributed by atoms with Crippen molar-refractivity contribution in [3.63, 3.8) is 0 Å². The maximum Gasteiger partial charge on any atom is 0.351 e. The monoisotopic (exact) mass is 329 g/mol. The van der Waals surface area contributed by atoms with Gasteiger partial charge in [0.2, 0.25) is 0 Å². The molecule has 0 aromatic carbocycles. The van der Waals surface area contributed by atoms with E-state index in [-0.39, 0.29) is 18.3 Å². The average Bonchev–Trinajstić information content (AvgIpc) is 2.80. The van der Waals surface area contributed by atoms with Crippen LogP contribution in [0, 0.1) is 5.92 Å². The molecule has 0 radical (unpaired) electrons. The van der Waals surface area contributed by atoms with Crippen molar-refractivity contribution in [3.05, 3.63) is 22.7 Å².